The number of carbonyl (C=O) groups excluding carboxylic acids is 1. The Hall–Kier alpha value is -2.75. The number of aromatic nitrogens is 2. The van der Waals surface area contributed by atoms with Crippen LogP contribution in [-0.2, 0) is 6.42 Å². The van der Waals surface area contributed by atoms with Crippen molar-refractivity contribution in [3.05, 3.63) is 59.7 Å². The van der Waals surface area contributed by atoms with Crippen LogP contribution < -0.4 is 0 Å². The summed E-state index contributed by atoms with van der Waals surface area (Å²) in [6.45, 7) is 4.47. The van der Waals surface area contributed by atoms with Gasteiger partial charge in [-0.25, -0.2) is 0 Å². The van der Waals surface area contributed by atoms with Crippen LogP contribution >= 0.6 is 0 Å². The first kappa shape index (κ1) is 16.1. The van der Waals surface area contributed by atoms with Gasteiger partial charge in [-0.3, -0.25) is 4.79 Å². The van der Waals surface area contributed by atoms with E-state index in [2.05, 4.69) is 36.1 Å². The summed E-state index contributed by atoms with van der Waals surface area (Å²) in [7, 11) is 0. The third-order valence-corrected chi connectivity index (χ3v) is 4.21. The van der Waals surface area contributed by atoms with Crippen molar-refractivity contribution in [1.29, 1.82) is 0 Å². The largest absolute Gasteiger partial charge is 0.334 e. The van der Waals surface area contributed by atoms with Crippen LogP contribution in [0.1, 0.15) is 36.2 Å². The molecule has 1 atom stereocenters. The fourth-order valence-electron chi connectivity index (χ4n) is 2.50. The molecule has 0 aliphatic heterocycles. The fourth-order valence-corrected chi connectivity index (χ4v) is 2.50. The number of hydrogen-bond acceptors (Lipinski definition) is 4. The van der Waals surface area contributed by atoms with Gasteiger partial charge >= 0.3 is 0 Å². The van der Waals surface area contributed by atoms with E-state index in [-0.39, 0.29) is 0 Å². The summed E-state index contributed by atoms with van der Waals surface area (Å²) in [6.07, 6.45) is 3.07. The second-order valence-corrected chi connectivity index (χ2v) is 6.08. The number of carbonyl (C=O) groups is 1. The summed E-state index contributed by atoms with van der Waals surface area (Å²) in [5.41, 5.74) is 3.67. The zero-order chi connectivity index (χ0) is 16.9. The van der Waals surface area contributed by atoms with E-state index < -0.39 is 0 Å². The molecule has 0 spiro atoms. The molecule has 1 aromatic heterocycles. The van der Waals surface area contributed by atoms with Crippen LogP contribution in [0.5, 0.6) is 0 Å². The van der Waals surface area contributed by atoms with E-state index in [0.29, 0.717) is 23.2 Å². The van der Waals surface area contributed by atoms with Gasteiger partial charge in [0.25, 0.3) is 5.89 Å². The summed E-state index contributed by atoms with van der Waals surface area (Å²) in [5, 5.41) is 4.03. The van der Waals surface area contributed by atoms with Gasteiger partial charge in [-0.2, -0.15) is 4.98 Å². The molecule has 4 nitrogen and oxygen atoms in total. The SMILES string of the molecule is CCC(C)Cc1ccc(-c2nc(-c3ccc(C=O)cc3)no2)cc1. The van der Waals surface area contributed by atoms with Crippen molar-refractivity contribution in [3.8, 4) is 22.8 Å². The number of aldehydes is 1. The maximum absolute atomic E-state index is 10.7. The third kappa shape index (κ3) is 3.59. The minimum atomic E-state index is 0.500. The smallest absolute Gasteiger partial charge is 0.258 e. The molecule has 0 radical (unpaired) electrons. The molecule has 24 heavy (non-hydrogen) atoms. The molecule has 2 aromatic carbocycles. The van der Waals surface area contributed by atoms with Gasteiger partial charge in [-0.1, -0.05) is 61.8 Å². The lowest BCUT2D eigenvalue weighted by molar-refractivity contribution is 0.112. The molecule has 1 heterocycles. The van der Waals surface area contributed by atoms with E-state index in [1.807, 2.05) is 24.3 Å². The summed E-state index contributed by atoms with van der Waals surface area (Å²) < 4.78 is 5.37. The van der Waals surface area contributed by atoms with Crippen molar-refractivity contribution in [2.75, 3.05) is 0 Å². The van der Waals surface area contributed by atoms with Crippen molar-refractivity contribution >= 4 is 6.29 Å². The average molecular weight is 320 g/mol. The highest BCUT2D eigenvalue weighted by molar-refractivity contribution is 5.76. The molecule has 4 heteroatoms. The first-order chi connectivity index (χ1) is 11.7. The molecule has 0 saturated heterocycles. The Morgan fingerprint density at radius 3 is 2.33 bits per heavy atom. The Morgan fingerprint density at radius 2 is 1.71 bits per heavy atom. The van der Waals surface area contributed by atoms with Crippen molar-refractivity contribution in [3.63, 3.8) is 0 Å². The molecule has 0 amide bonds. The molecular weight excluding hydrogens is 300 g/mol. The number of nitrogens with zero attached hydrogens (tertiary/aromatic N) is 2. The van der Waals surface area contributed by atoms with Crippen LogP contribution in [0, 0.1) is 5.92 Å². The normalized spacial score (nSPS) is 12.1. The minimum Gasteiger partial charge on any atom is -0.334 e. The topological polar surface area (TPSA) is 56.0 Å². The van der Waals surface area contributed by atoms with E-state index in [1.54, 1.807) is 12.1 Å². The second kappa shape index (κ2) is 7.21. The molecule has 3 rings (SSSR count). The molecule has 0 aliphatic carbocycles. The Morgan fingerprint density at radius 1 is 1.04 bits per heavy atom. The van der Waals surface area contributed by atoms with Gasteiger partial charge in [-0.05, 0) is 30.0 Å². The Balaban J connectivity index is 1.78. The van der Waals surface area contributed by atoms with E-state index >= 15 is 0 Å². The Labute approximate surface area is 141 Å². The van der Waals surface area contributed by atoms with Gasteiger partial charge in [0.2, 0.25) is 5.82 Å². The first-order valence-corrected chi connectivity index (χ1v) is 8.18. The highest BCUT2D eigenvalue weighted by atomic mass is 16.5. The molecule has 0 N–H and O–H groups in total. The van der Waals surface area contributed by atoms with Crippen LogP contribution in [0.2, 0.25) is 0 Å². The van der Waals surface area contributed by atoms with Crippen LogP contribution in [0.3, 0.4) is 0 Å². The van der Waals surface area contributed by atoms with E-state index in [0.717, 1.165) is 23.8 Å². The van der Waals surface area contributed by atoms with Gasteiger partial charge in [0.05, 0.1) is 0 Å². The minimum absolute atomic E-state index is 0.500. The predicted octanol–water partition coefficient (Wildman–Crippen LogP) is 4.80. The van der Waals surface area contributed by atoms with Crippen LogP contribution in [0.15, 0.2) is 53.1 Å². The number of hydrogen-bond donors (Lipinski definition) is 0. The van der Waals surface area contributed by atoms with Crippen LogP contribution in [-0.4, -0.2) is 16.4 Å². The molecular formula is C20H20N2O2. The highest BCUT2D eigenvalue weighted by Crippen LogP contribution is 2.23. The molecule has 3 aromatic rings. The lowest BCUT2D eigenvalue weighted by Crippen LogP contribution is -1.97. The standard InChI is InChI=1S/C20H20N2O2/c1-3-14(2)12-15-4-10-18(11-5-15)20-21-19(22-24-20)17-8-6-16(13-23)7-9-17/h4-11,13-14H,3,12H2,1-2H3. The molecule has 0 bridgehead atoms. The average Bonchev–Trinajstić information content (AvgIpc) is 3.12. The Bertz CT molecular complexity index is 804. The quantitative estimate of drug-likeness (QED) is 0.612. The monoisotopic (exact) mass is 320 g/mol. The van der Waals surface area contributed by atoms with Gasteiger partial charge < -0.3 is 4.52 Å². The molecule has 0 fully saturated rings. The Kier molecular flexibility index (Phi) is 4.85. The number of benzene rings is 2. The summed E-state index contributed by atoms with van der Waals surface area (Å²) in [5.74, 6) is 1.70. The summed E-state index contributed by atoms with van der Waals surface area (Å²) >= 11 is 0. The second-order valence-electron chi connectivity index (χ2n) is 6.08. The molecule has 0 aliphatic rings. The van der Waals surface area contributed by atoms with Crippen molar-refractivity contribution in [2.45, 2.75) is 26.7 Å². The fraction of sp³-hybridized carbons (Fsp3) is 0.250. The first-order valence-electron chi connectivity index (χ1n) is 8.18. The number of rotatable bonds is 6. The van der Waals surface area contributed by atoms with Gasteiger partial charge in [0, 0.05) is 16.7 Å². The molecule has 122 valence electrons. The third-order valence-electron chi connectivity index (χ3n) is 4.21. The summed E-state index contributed by atoms with van der Waals surface area (Å²) in [4.78, 5) is 15.2. The lowest BCUT2D eigenvalue weighted by Gasteiger charge is -2.08. The van der Waals surface area contributed by atoms with Crippen molar-refractivity contribution in [2.24, 2.45) is 5.92 Å². The zero-order valence-corrected chi connectivity index (χ0v) is 13.9. The van der Waals surface area contributed by atoms with E-state index in [9.17, 15) is 4.79 Å². The van der Waals surface area contributed by atoms with Crippen LogP contribution in [0.25, 0.3) is 22.8 Å². The van der Waals surface area contributed by atoms with Crippen molar-refractivity contribution < 1.29 is 9.32 Å². The zero-order valence-electron chi connectivity index (χ0n) is 13.9. The predicted molar refractivity (Wildman–Crippen MR) is 93.7 cm³/mol. The lowest BCUT2D eigenvalue weighted by atomic mass is 9.98. The van der Waals surface area contributed by atoms with Gasteiger partial charge in [0.1, 0.15) is 6.29 Å². The van der Waals surface area contributed by atoms with Gasteiger partial charge in [-0.15, -0.1) is 0 Å². The highest BCUT2D eigenvalue weighted by Gasteiger charge is 2.11. The molecule has 0 saturated carbocycles. The van der Waals surface area contributed by atoms with E-state index in [4.69, 9.17) is 4.52 Å². The van der Waals surface area contributed by atoms with Crippen LogP contribution in [0.4, 0.5) is 0 Å². The molecule has 1 unspecified atom stereocenters. The van der Waals surface area contributed by atoms with E-state index in [1.165, 1.54) is 12.0 Å². The van der Waals surface area contributed by atoms with Crippen molar-refractivity contribution in [1.82, 2.24) is 10.1 Å². The maximum atomic E-state index is 10.7. The summed E-state index contributed by atoms with van der Waals surface area (Å²) in [6, 6.07) is 15.4. The van der Waals surface area contributed by atoms with Gasteiger partial charge in [0.15, 0.2) is 0 Å². The maximum Gasteiger partial charge on any atom is 0.258 e.